The maximum absolute atomic E-state index is 12.2. The van der Waals surface area contributed by atoms with Crippen molar-refractivity contribution >= 4 is 17.2 Å². The molecule has 1 amide bonds. The summed E-state index contributed by atoms with van der Waals surface area (Å²) in [4.78, 5) is 12.2. The van der Waals surface area contributed by atoms with Gasteiger partial charge in [-0.05, 0) is 29.9 Å². The zero-order chi connectivity index (χ0) is 13.7. The van der Waals surface area contributed by atoms with E-state index in [1.807, 2.05) is 48.0 Å². The molecule has 0 radical (unpaired) electrons. The maximum Gasteiger partial charge on any atom is 0.252 e. The molecule has 0 aliphatic carbocycles. The van der Waals surface area contributed by atoms with Crippen LogP contribution in [0, 0.1) is 6.92 Å². The molecule has 100 valence electrons. The van der Waals surface area contributed by atoms with Gasteiger partial charge < -0.3 is 10.4 Å². The molecule has 1 atom stereocenters. The topological polar surface area (TPSA) is 49.3 Å². The number of carbonyl (C=O) groups excluding carboxylic acids is 1. The number of thiophene rings is 1. The average Bonchev–Trinajstić information content (AvgIpc) is 2.85. The highest BCUT2D eigenvalue weighted by molar-refractivity contribution is 7.08. The third-order valence-electron chi connectivity index (χ3n) is 3.03. The summed E-state index contributed by atoms with van der Waals surface area (Å²) >= 11 is 1.52. The van der Waals surface area contributed by atoms with Gasteiger partial charge in [0.1, 0.15) is 0 Å². The molecule has 1 heterocycles. The number of nitrogens with one attached hydrogen (secondary N) is 1. The Labute approximate surface area is 116 Å². The number of rotatable bonds is 5. The summed E-state index contributed by atoms with van der Waals surface area (Å²) in [5, 5.41) is 15.9. The highest BCUT2D eigenvalue weighted by atomic mass is 32.1. The number of benzene rings is 1. The quantitative estimate of drug-likeness (QED) is 0.881. The monoisotopic (exact) mass is 275 g/mol. The summed E-state index contributed by atoms with van der Waals surface area (Å²) in [5.41, 5.74) is 2.71. The Bertz CT molecular complexity index is 536. The Kier molecular flexibility index (Phi) is 4.71. The van der Waals surface area contributed by atoms with E-state index in [1.54, 1.807) is 0 Å². The van der Waals surface area contributed by atoms with Crippen LogP contribution in [0.2, 0.25) is 0 Å². The lowest BCUT2D eigenvalue weighted by Crippen LogP contribution is -2.29. The van der Waals surface area contributed by atoms with Crippen molar-refractivity contribution in [3.05, 3.63) is 57.8 Å². The maximum atomic E-state index is 12.2. The Morgan fingerprint density at radius 2 is 2.05 bits per heavy atom. The lowest BCUT2D eigenvalue weighted by molar-refractivity contribution is 0.0930. The molecule has 1 aromatic carbocycles. The molecule has 0 bridgehead atoms. The second-order valence-corrected chi connectivity index (χ2v) is 5.16. The summed E-state index contributed by atoms with van der Waals surface area (Å²) in [6, 6.07) is 9.56. The second kappa shape index (κ2) is 6.50. The summed E-state index contributed by atoms with van der Waals surface area (Å²) < 4.78 is 0. The molecule has 0 saturated carbocycles. The fourth-order valence-electron chi connectivity index (χ4n) is 1.97. The highest BCUT2D eigenvalue weighted by Crippen LogP contribution is 2.19. The van der Waals surface area contributed by atoms with E-state index in [0.717, 1.165) is 11.1 Å². The van der Waals surface area contributed by atoms with Gasteiger partial charge in [-0.1, -0.05) is 30.3 Å². The van der Waals surface area contributed by atoms with Crippen LogP contribution in [-0.2, 0) is 0 Å². The molecule has 19 heavy (non-hydrogen) atoms. The number of carbonyl (C=O) groups is 1. The lowest BCUT2D eigenvalue weighted by Gasteiger charge is -2.18. The van der Waals surface area contributed by atoms with Crippen LogP contribution in [0.15, 0.2) is 41.1 Å². The summed E-state index contributed by atoms with van der Waals surface area (Å²) in [5.74, 6) is -0.0824. The standard InChI is InChI=1S/C15H17NO2S/c1-11-9-19-10-13(11)15(18)16-14(7-8-17)12-5-3-2-4-6-12/h2-6,9-10,14,17H,7-8H2,1H3,(H,16,18)/t14-/m0/s1. The molecule has 0 aliphatic rings. The van der Waals surface area contributed by atoms with E-state index < -0.39 is 0 Å². The molecule has 4 heteroatoms. The molecule has 1 aromatic heterocycles. The molecule has 0 aliphatic heterocycles. The van der Waals surface area contributed by atoms with Crippen LogP contribution in [0.1, 0.15) is 33.9 Å². The van der Waals surface area contributed by atoms with Crippen molar-refractivity contribution < 1.29 is 9.90 Å². The first kappa shape index (κ1) is 13.8. The molecular formula is C15H17NO2S. The van der Waals surface area contributed by atoms with Gasteiger partial charge in [-0.2, -0.15) is 11.3 Å². The molecule has 0 unspecified atom stereocenters. The van der Waals surface area contributed by atoms with E-state index in [4.69, 9.17) is 5.11 Å². The van der Waals surface area contributed by atoms with Gasteiger partial charge in [0.2, 0.25) is 0 Å². The molecular weight excluding hydrogens is 258 g/mol. The van der Waals surface area contributed by atoms with Crippen LogP contribution in [0.4, 0.5) is 0 Å². The number of aliphatic hydroxyl groups excluding tert-OH is 1. The van der Waals surface area contributed by atoms with Crippen LogP contribution >= 0.6 is 11.3 Å². The van der Waals surface area contributed by atoms with E-state index in [2.05, 4.69) is 5.32 Å². The van der Waals surface area contributed by atoms with Crippen molar-refractivity contribution in [1.82, 2.24) is 5.32 Å². The van der Waals surface area contributed by atoms with Gasteiger partial charge in [-0.25, -0.2) is 0 Å². The largest absolute Gasteiger partial charge is 0.396 e. The van der Waals surface area contributed by atoms with Crippen molar-refractivity contribution in [3.63, 3.8) is 0 Å². The van der Waals surface area contributed by atoms with Gasteiger partial charge in [0.05, 0.1) is 11.6 Å². The van der Waals surface area contributed by atoms with E-state index >= 15 is 0 Å². The minimum absolute atomic E-state index is 0.0441. The number of amides is 1. The predicted molar refractivity (Wildman–Crippen MR) is 77.4 cm³/mol. The van der Waals surface area contributed by atoms with Crippen LogP contribution in [0.25, 0.3) is 0 Å². The Balaban J connectivity index is 2.14. The van der Waals surface area contributed by atoms with Crippen molar-refractivity contribution in [2.24, 2.45) is 0 Å². The van der Waals surface area contributed by atoms with Crippen LogP contribution in [-0.4, -0.2) is 17.6 Å². The number of aryl methyl sites for hydroxylation is 1. The van der Waals surface area contributed by atoms with Crippen molar-refractivity contribution in [2.75, 3.05) is 6.61 Å². The Morgan fingerprint density at radius 1 is 1.32 bits per heavy atom. The molecule has 0 saturated heterocycles. The first-order chi connectivity index (χ1) is 9.22. The molecule has 0 spiro atoms. The van der Waals surface area contributed by atoms with Crippen LogP contribution in [0.5, 0.6) is 0 Å². The van der Waals surface area contributed by atoms with E-state index in [9.17, 15) is 4.79 Å². The van der Waals surface area contributed by atoms with E-state index in [0.29, 0.717) is 12.0 Å². The van der Waals surface area contributed by atoms with Gasteiger partial charge in [-0.15, -0.1) is 0 Å². The van der Waals surface area contributed by atoms with E-state index in [-0.39, 0.29) is 18.6 Å². The molecule has 2 aromatic rings. The van der Waals surface area contributed by atoms with Gasteiger partial charge in [0.25, 0.3) is 5.91 Å². The summed E-state index contributed by atoms with van der Waals surface area (Å²) in [7, 11) is 0. The third-order valence-corrected chi connectivity index (χ3v) is 3.89. The minimum atomic E-state index is -0.155. The normalized spacial score (nSPS) is 12.1. The Hall–Kier alpha value is -1.65. The average molecular weight is 275 g/mol. The molecule has 3 nitrogen and oxygen atoms in total. The van der Waals surface area contributed by atoms with Crippen molar-refractivity contribution in [1.29, 1.82) is 0 Å². The summed E-state index contributed by atoms with van der Waals surface area (Å²) in [6.45, 7) is 1.97. The zero-order valence-electron chi connectivity index (χ0n) is 10.8. The second-order valence-electron chi connectivity index (χ2n) is 4.42. The fourth-order valence-corrected chi connectivity index (χ4v) is 2.79. The van der Waals surface area contributed by atoms with Gasteiger partial charge in [0.15, 0.2) is 0 Å². The SMILES string of the molecule is Cc1cscc1C(=O)N[C@@H](CCO)c1ccccc1. The number of hydrogen-bond donors (Lipinski definition) is 2. The highest BCUT2D eigenvalue weighted by Gasteiger charge is 2.16. The molecule has 0 fully saturated rings. The van der Waals surface area contributed by atoms with Gasteiger partial charge in [0, 0.05) is 12.0 Å². The van der Waals surface area contributed by atoms with Crippen LogP contribution < -0.4 is 5.32 Å². The molecule has 2 N–H and O–H groups in total. The molecule has 2 rings (SSSR count). The fraction of sp³-hybridized carbons (Fsp3) is 0.267. The summed E-state index contributed by atoms with van der Waals surface area (Å²) in [6.07, 6.45) is 0.513. The minimum Gasteiger partial charge on any atom is -0.396 e. The van der Waals surface area contributed by atoms with Gasteiger partial charge in [-0.3, -0.25) is 4.79 Å². The zero-order valence-corrected chi connectivity index (χ0v) is 11.6. The number of hydrogen-bond acceptors (Lipinski definition) is 3. The third kappa shape index (κ3) is 3.43. The van der Waals surface area contributed by atoms with Crippen molar-refractivity contribution in [2.45, 2.75) is 19.4 Å². The predicted octanol–water partition coefficient (Wildman–Crippen LogP) is 2.91. The van der Waals surface area contributed by atoms with E-state index in [1.165, 1.54) is 11.3 Å². The first-order valence-corrected chi connectivity index (χ1v) is 7.16. The van der Waals surface area contributed by atoms with Crippen LogP contribution in [0.3, 0.4) is 0 Å². The van der Waals surface area contributed by atoms with Crippen molar-refractivity contribution in [3.8, 4) is 0 Å². The Morgan fingerprint density at radius 3 is 2.63 bits per heavy atom. The smallest absolute Gasteiger partial charge is 0.252 e. The first-order valence-electron chi connectivity index (χ1n) is 6.22. The lowest BCUT2D eigenvalue weighted by atomic mass is 10.0. The number of aliphatic hydroxyl groups is 1. The van der Waals surface area contributed by atoms with Gasteiger partial charge >= 0.3 is 0 Å².